The van der Waals surface area contributed by atoms with Crippen molar-refractivity contribution in [2.75, 3.05) is 13.1 Å². The van der Waals surface area contributed by atoms with Crippen molar-refractivity contribution in [2.24, 2.45) is 7.05 Å². The van der Waals surface area contributed by atoms with E-state index in [9.17, 15) is 8.42 Å². The lowest BCUT2D eigenvalue weighted by Gasteiger charge is -2.34. The molecule has 1 saturated heterocycles. The summed E-state index contributed by atoms with van der Waals surface area (Å²) in [6.07, 6.45) is 1.57. The highest BCUT2D eigenvalue weighted by Crippen LogP contribution is 2.17. The standard InChI is InChI=1S/C11H20N4O2S/c1-8-5-15(6-9(2)12-8)18(16,17)11-7-14(4)10(3)13-11/h7-9,12H,5-6H2,1-4H3/t8-,9-/m0/s1. The lowest BCUT2D eigenvalue weighted by molar-refractivity contribution is 0.262. The van der Waals surface area contributed by atoms with Crippen LogP contribution >= 0.6 is 0 Å². The Morgan fingerprint density at radius 3 is 2.33 bits per heavy atom. The van der Waals surface area contributed by atoms with E-state index in [0.717, 1.165) is 0 Å². The molecule has 1 aromatic rings. The van der Waals surface area contributed by atoms with E-state index in [1.54, 1.807) is 24.7 Å². The third-order valence-corrected chi connectivity index (χ3v) is 4.92. The van der Waals surface area contributed by atoms with Gasteiger partial charge in [0.05, 0.1) is 0 Å². The number of hydrogen-bond acceptors (Lipinski definition) is 4. The molecule has 0 spiro atoms. The number of piperazine rings is 1. The first kappa shape index (κ1) is 13.5. The van der Waals surface area contributed by atoms with E-state index in [-0.39, 0.29) is 17.1 Å². The van der Waals surface area contributed by atoms with Crippen LogP contribution in [0.25, 0.3) is 0 Å². The predicted molar refractivity (Wildman–Crippen MR) is 68.8 cm³/mol. The van der Waals surface area contributed by atoms with Crippen molar-refractivity contribution in [3.63, 3.8) is 0 Å². The smallest absolute Gasteiger partial charge is 0.262 e. The second kappa shape index (κ2) is 4.64. The zero-order chi connectivity index (χ0) is 13.5. The van der Waals surface area contributed by atoms with Crippen LogP contribution in [0, 0.1) is 6.92 Å². The van der Waals surface area contributed by atoms with E-state index in [1.807, 2.05) is 13.8 Å². The first-order valence-electron chi connectivity index (χ1n) is 6.07. The molecule has 0 aromatic carbocycles. The molecule has 1 aliphatic rings. The van der Waals surface area contributed by atoms with E-state index in [1.165, 1.54) is 4.31 Å². The molecule has 6 nitrogen and oxygen atoms in total. The fourth-order valence-corrected chi connectivity index (χ4v) is 3.90. The Morgan fingerprint density at radius 1 is 1.33 bits per heavy atom. The van der Waals surface area contributed by atoms with E-state index in [4.69, 9.17) is 0 Å². The molecule has 0 unspecified atom stereocenters. The van der Waals surface area contributed by atoms with Crippen molar-refractivity contribution in [2.45, 2.75) is 37.9 Å². The Kier molecular flexibility index (Phi) is 3.48. The minimum absolute atomic E-state index is 0.142. The first-order valence-corrected chi connectivity index (χ1v) is 7.51. The third-order valence-electron chi connectivity index (χ3n) is 3.21. The van der Waals surface area contributed by atoms with Crippen LogP contribution in [-0.4, -0.2) is 47.4 Å². The van der Waals surface area contributed by atoms with Crippen molar-refractivity contribution in [3.05, 3.63) is 12.0 Å². The molecule has 2 atom stereocenters. The van der Waals surface area contributed by atoms with Gasteiger partial charge >= 0.3 is 0 Å². The molecule has 0 bridgehead atoms. The van der Waals surface area contributed by atoms with E-state index in [2.05, 4.69) is 10.3 Å². The molecule has 0 radical (unpaired) electrons. The summed E-state index contributed by atoms with van der Waals surface area (Å²) in [5, 5.41) is 3.46. The summed E-state index contributed by atoms with van der Waals surface area (Å²) in [5.41, 5.74) is 0. The highest BCUT2D eigenvalue weighted by molar-refractivity contribution is 7.89. The van der Waals surface area contributed by atoms with Crippen LogP contribution in [0.15, 0.2) is 11.2 Å². The maximum Gasteiger partial charge on any atom is 0.262 e. The summed E-state index contributed by atoms with van der Waals surface area (Å²) in [4.78, 5) is 4.12. The van der Waals surface area contributed by atoms with Crippen LogP contribution in [0.5, 0.6) is 0 Å². The number of hydrogen-bond donors (Lipinski definition) is 1. The summed E-state index contributed by atoms with van der Waals surface area (Å²) < 4.78 is 28.2. The molecule has 18 heavy (non-hydrogen) atoms. The van der Waals surface area contributed by atoms with Crippen LogP contribution < -0.4 is 5.32 Å². The summed E-state index contributed by atoms with van der Waals surface area (Å²) in [5.74, 6) is 0.699. The average Bonchev–Trinajstić information content (AvgIpc) is 2.58. The SMILES string of the molecule is Cc1nc(S(=O)(=O)N2C[C@H](C)N[C@@H](C)C2)cn1C. The normalized spacial score (nSPS) is 26.4. The van der Waals surface area contributed by atoms with Gasteiger partial charge in [0.1, 0.15) is 5.82 Å². The zero-order valence-electron chi connectivity index (χ0n) is 11.2. The molecule has 7 heteroatoms. The number of sulfonamides is 1. The molecule has 2 rings (SSSR count). The lowest BCUT2D eigenvalue weighted by atomic mass is 10.2. The Bertz CT molecular complexity index is 508. The second-order valence-electron chi connectivity index (χ2n) is 5.03. The predicted octanol–water partition coefficient (Wildman–Crippen LogP) is 0.0994. The van der Waals surface area contributed by atoms with Gasteiger partial charge in [-0.1, -0.05) is 0 Å². The molecule has 0 aliphatic carbocycles. The largest absolute Gasteiger partial charge is 0.337 e. The Labute approximate surface area is 108 Å². The van der Waals surface area contributed by atoms with E-state index in [0.29, 0.717) is 18.9 Å². The van der Waals surface area contributed by atoms with Crippen molar-refractivity contribution in [3.8, 4) is 0 Å². The van der Waals surface area contributed by atoms with Gasteiger partial charge in [-0.05, 0) is 20.8 Å². The number of nitrogens with zero attached hydrogens (tertiary/aromatic N) is 3. The van der Waals surface area contributed by atoms with Gasteiger partial charge in [-0.2, -0.15) is 4.31 Å². The third kappa shape index (κ3) is 2.43. The van der Waals surface area contributed by atoms with Gasteiger partial charge in [0.25, 0.3) is 10.0 Å². The number of imidazole rings is 1. The average molecular weight is 272 g/mol. The summed E-state index contributed by atoms with van der Waals surface area (Å²) in [6, 6.07) is 0.321. The number of aromatic nitrogens is 2. The second-order valence-corrected chi connectivity index (χ2v) is 6.91. The van der Waals surface area contributed by atoms with Crippen molar-refractivity contribution < 1.29 is 8.42 Å². The van der Waals surface area contributed by atoms with Crippen LogP contribution in [0.4, 0.5) is 0 Å². The van der Waals surface area contributed by atoms with Crippen LogP contribution in [0.3, 0.4) is 0 Å². The van der Waals surface area contributed by atoms with E-state index >= 15 is 0 Å². The molecule has 1 aromatic heterocycles. The Morgan fingerprint density at radius 2 is 1.89 bits per heavy atom. The highest BCUT2D eigenvalue weighted by Gasteiger charge is 2.32. The van der Waals surface area contributed by atoms with Crippen molar-refractivity contribution >= 4 is 10.0 Å². The molecule has 1 N–H and O–H groups in total. The maximum absolute atomic E-state index is 12.5. The summed E-state index contributed by atoms with van der Waals surface area (Å²) in [6.45, 7) is 6.75. The van der Waals surface area contributed by atoms with E-state index < -0.39 is 10.0 Å². The molecule has 102 valence electrons. The monoisotopic (exact) mass is 272 g/mol. The quantitative estimate of drug-likeness (QED) is 0.829. The van der Waals surface area contributed by atoms with Crippen LogP contribution in [0.1, 0.15) is 19.7 Å². The number of nitrogens with one attached hydrogen (secondary N) is 1. The minimum Gasteiger partial charge on any atom is -0.337 e. The summed E-state index contributed by atoms with van der Waals surface area (Å²) >= 11 is 0. The van der Waals surface area contributed by atoms with Gasteiger partial charge in [-0.25, -0.2) is 13.4 Å². The van der Waals surface area contributed by atoms with Gasteiger partial charge in [-0.3, -0.25) is 0 Å². The van der Waals surface area contributed by atoms with Crippen LogP contribution in [0.2, 0.25) is 0 Å². The molecule has 1 fully saturated rings. The van der Waals surface area contributed by atoms with Crippen LogP contribution in [-0.2, 0) is 17.1 Å². The number of rotatable bonds is 2. The lowest BCUT2D eigenvalue weighted by Crippen LogP contribution is -2.55. The van der Waals surface area contributed by atoms with Gasteiger partial charge in [0.15, 0.2) is 5.03 Å². The molecule has 0 amide bonds. The highest BCUT2D eigenvalue weighted by atomic mass is 32.2. The topological polar surface area (TPSA) is 67.2 Å². The first-order chi connectivity index (χ1) is 8.30. The Balaban J connectivity index is 2.30. The van der Waals surface area contributed by atoms with Gasteiger partial charge in [-0.15, -0.1) is 0 Å². The summed E-state index contributed by atoms with van der Waals surface area (Å²) in [7, 11) is -1.67. The molecule has 0 saturated carbocycles. The van der Waals surface area contributed by atoms with Crippen molar-refractivity contribution in [1.29, 1.82) is 0 Å². The molecule has 2 heterocycles. The molecular formula is C11H20N4O2S. The fraction of sp³-hybridized carbons (Fsp3) is 0.727. The molecular weight excluding hydrogens is 252 g/mol. The van der Waals surface area contributed by atoms with Crippen molar-refractivity contribution in [1.82, 2.24) is 19.2 Å². The van der Waals surface area contributed by atoms with Gasteiger partial charge < -0.3 is 9.88 Å². The van der Waals surface area contributed by atoms with Gasteiger partial charge in [0, 0.05) is 38.4 Å². The van der Waals surface area contributed by atoms with Gasteiger partial charge in [0.2, 0.25) is 0 Å². The fourth-order valence-electron chi connectivity index (χ4n) is 2.26. The Hall–Kier alpha value is -0.920. The molecule has 1 aliphatic heterocycles. The maximum atomic E-state index is 12.5. The number of aryl methyl sites for hydroxylation is 2. The minimum atomic E-state index is -3.47. The zero-order valence-corrected chi connectivity index (χ0v) is 12.0.